The number of hydrogen-bond donors (Lipinski definition) is 1. The van der Waals surface area contributed by atoms with E-state index in [1.54, 1.807) is 0 Å². The summed E-state index contributed by atoms with van der Waals surface area (Å²) in [5.74, 6) is -0.0759. The lowest BCUT2D eigenvalue weighted by atomic mass is 10.2. The largest absolute Gasteiger partial charge is 0.354 e. The Bertz CT molecular complexity index is 528. The number of aromatic nitrogens is 4. The van der Waals surface area contributed by atoms with E-state index >= 15 is 0 Å². The average molecular weight is 288 g/mol. The molecule has 112 valence electrons. The lowest BCUT2D eigenvalue weighted by Crippen LogP contribution is -2.30. The number of nitrogens with one attached hydrogen (secondary N) is 1. The van der Waals surface area contributed by atoms with Gasteiger partial charge in [0.2, 0.25) is 5.91 Å². The van der Waals surface area contributed by atoms with E-state index in [1.807, 2.05) is 18.2 Å². The second-order valence-electron chi connectivity index (χ2n) is 4.93. The Kier molecular flexibility index (Phi) is 5.83. The van der Waals surface area contributed by atoms with E-state index in [0.717, 1.165) is 19.5 Å². The molecule has 7 nitrogen and oxygen atoms in total. The van der Waals surface area contributed by atoms with Crippen LogP contribution in [0.15, 0.2) is 36.7 Å². The fourth-order valence-corrected chi connectivity index (χ4v) is 2.01. The summed E-state index contributed by atoms with van der Waals surface area (Å²) in [5, 5.41) is 13.5. The Morgan fingerprint density at radius 2 is 2.14 bits per heavy atom. The molecule has 0 aliphatic carbocycles. The van der Waals surface area contributed by atoms with Gasteiger partial charge in [-0.3, -0.25) is 4.79 Å². The Morgan fingerprint density at radius 1 is 1.33 bits per heavy atom. The van der Waals surface area contributed by atoms with Crippen molar-refractivity contribution in [3.63, 3.8) is 0 Å². The highest BCUT2D eigenvalue weighted by molar-refractivity contribution is 5.75. The fraction of sp³-hybridized carbons (Fsp3) is 0.429. The molecular weight excluding hydrogens is 268 g/mol. The topological polar surface area (TPSA) is 75.9 Å². The maximum absolute atomic E-state index is 11.6. The van der Waals surface area contributed by atoms with Crippen LogP contribution in [-0.4, -0.2) is 51.2 Å². The first kappa shape index (κ1) is 15.1. The van der Waals surface area contributed by atoms with Crippen LogP contribution in [0.2, 0.25) is 0 Å². The summed E-state index contributed by atoms with van der Waals surface area (Å²) < 4.78 is 1.40. The van der Waals surface area contributed by atoms with Crippen molar-refractivity contribution in [3.8, 4) is 0 Å². The molecule has 21 heavy (non-hydrogen) atoms. The van der Waals surface area contributed by atoms with Gasteiger partial charge in [0.25, 0.3) is 0 Å². The summed E-state index contributed by atoms with van der Waals surface area (Å²) in [6.07, 6.45) is 2.33. The molecule has 0 fully saturated rings. The maximum atomic E-state index is 11.6. The molecule has 0 saturated carbocycles. The van der Waals surface area contributed by atoms with E-state index in [1.165, 1.54) is 16.6 Å². The van der Waals surface area contributed by atoms with Crippen LogP contribution in [0.25, 0.3) is 0 Å². The molecule has 1 N–H and O–H groups in total. The van der Waals surface area contributed by atoms with Gasteiger partial charge in [0.15, 0.2) is 0 Å². The van der Waals surface area contributed by atoms with Crippen molar-refractivity contribution in [3.05, 3.63) is 42.2 Å². The highest BCUT2D eigenvalue weighted by atomic mass is 16.2. The van der Waals surface area contributed by atoms with Crippen LogP contribution < -0.4 is 5.32 Å². The van der Waals surface area contributed by atoms with Crippen LogP contribution in [0, 0.1) is 0 Å². The molecule has 1 aromatic heterocycles. The first-order valence-electron chi connectivity index (χ1n) is 6.94. The number of benzene rings is 1. The number of rotatable bonds is 8. The number of hydrogen-bond acceptors (Lipinski definition) is 5. The van der Waals surface area contributed by atoms with Gasteiger partial charge in [-0.15, -0.1) is 5.10 Å². The Labute approximate surface area is 123 Å². The predicted molar refractivity (Wildman–Crippen MR) is 78.2 cm³/mol. The molecule has 1 amide bonds. The molecule has 2 rings (SSSR count). The quantitative estimate of drug-likeness (QED) is 0.708. The van der Waals surface area contributed by atoms with Gasteiger partial charge in [-0.25, -0.2) is 4.68 Å². The Morgan fingerprint density at radius 3 is 2.86 bits per heavy atom. The van der Waals surface area contributed by atoms with E-state index in [9.17, 15) is 4.79 Å². The summed E-state index contributed by atoms with van der Waals surface area (Å²) in [4.78, 5) is 13.8. The van der Waals surface area contributed by atoms with Crippen LogP contribution >= 0.6 is 0 Å². The van der Waals surface area contributed by atoms with E-state index in [0.29, 0.717) is 6.54 Å². The number of amides is 1. The average Bonchev–Trinajstić information content (AvgIpc) is 2.97. The van der Waals surface area contributed by atoms with Crippen LogP contribution in [0.3, 0.4) is 0 Å². The standard InChI is InChI=1S/C14H20N6O/c1-19(10-13-6-3-2-4-7-13)9-5-8-15-14(21)11-20-12-16-17-18-20/h2-4,6-7,12H,5,8-11H2,1H3,(H,15,21). The number of tetrazole rings is 1. The van der Waals surface area contributed by atoms with Crippen molar-refractivity contribution in [1.82, 2.24) is 30.4 Å². The normalized spacial score (nSPS) is 10.8. The Hall–Kier alpha value is -2.28. The first-order valence-corrected chi connectivity index (χ1v) is 6.94. The SMILES string of the molecule is CN(CCCNC(=O)Cn1cnnn1)Cc1ccccc1. The van der Waals surface area contributed by atoms with Gasteiger partial charge in [-0.1, -0.05) is 30.3 Å². The highest BCUT2D eigenvalue weighted by Gasteiger charge is 2.04. The molecule has 0 aliphatic rings. The van der Waals surface area contributed by atoms with Gasteiger partial charge in [-0.2, -0.15) is 0 Å². The van der Waals surface area contributed by atoms with Gasteiger partial charge in [0, 0.05) is 13.1 Å². The van der Waals surface area contributed by atoms with Crippen LogP contribution in [-0.2, 0) is 17.9 Å². The van der Waals surface area contributed by atoms with Crippen LogP contribution in [0.1, 0.15) is 12.0 Å². The van der Waals surface area contributed by atoms with Crippen molar-refractivity contribution < 1.29 is 4.79 Å². The molecule has 0 atom stereocenters. The molecule has 0 radical (unpaired) electrons. The van der Waals surface area contributed by atoms with E-state index in [-0.39, 0.29) is 12.5 Å². The van der Waals surface area contributed by atoms with Crippen molar-refractivity contribution in [1.29, 1.82) is 0 Å². The van der Waals surface area contributed by atoms with Gasteiger partial charge in [0.05, 0.1) is 0 Å². The zero-order valence-corrected chi connectivity index (χ0v) is 12.1. The maximum Gasteiger partial charge on any atom is 0.241 e. The predicted octanol–water partition coefficient (Wildman–Crippen LogP) is 0.311. The fourth-order valence-electron chi connectivity index (χ4n) is 2.01. The third-order valence-electron chi connectivity index (χ3n) is 3.03. The smallest absolute Gasteiger partial charge is 0.241 e. The van der Waals surface area contributed by atoms with Gasteiger partial charge in [-0.05, 0) is 36.0 Å². The molecule has 0 bridgehead atoms. The van der Waals surface area contributed by atoms with Crippen molar-refractivity contribution in [2.24, 2.45) is 0 Å². The van der Waals surface area contributed by atoms with Crippen molar-refractivity contribution in [2.75, 3.05) is 20.1 Å². The first-order chi connectivity index (χ1) is 10.2. The van der Waals surface area contributed by atoms with Gasteiger partial charge < -0.3 is 10.2 Å². The zero-order chi connectivity index (χ0) is 14.9. The Balaban J connectivity index is 1.58. The third kappa shape index (κ3) is 5.70. The molecule has 0 aliphatic heterocycles. The van der Waals surface area contributed by atoms with Crippen molar-refractivity contribution >= 4 is 5.91 Å². The number of nitrogens with zero attached hydrogens (tertiary/aromatic N) is 5. The summed E-state index contributed by atoms with van der Waals surface area (Å²) in [7, 11) is 2.08. The second-order valence-corrected chi connectivity index (χ2v) is 4.93. The number of carbonyl (C=O) groups is 1. The minimum absolute atomic E-state index is 0.0759. The minimum atomic E-state index is -0.0759. The van der Waals surface area contributed by atoms with Crippen molar-refractivity contribution in [2.45, 2.75) is 19.5 Å². The van der Waals surface area contributed by atoms with Crippen LogP contribution in [0.5, 0.6) is 0 Å². The summed E-state index contributed by atoms with van der Waals surface area (Å²) in [6.45, 7) is 2.66. The summed E-state index contributed by atoms with van der Waals surface area (Å²) in [6, 6.07) is 10.3. The molecule has 2 aromatic rings. The van der Waals surface area contributed by atoms with E-state index < -0.39 is 0 Å². The molecule has 1 heterocycles. The zero-order valence-electron chi connectivity index (χ0n) is 12.1. The van der Waals surface area contributed by atoms with E-state index in [2.05, 4.69) is 44.9 Å². The van der Waals surface area contributed by atoms with E-state index in [4.69, 9.17) is 0 Å². The van der Waals surface area contributed by atoms with Gasteiger partial charge in [0.1, 0.15) is 12.9 Å². The molecular formula is C14H20N6O. The third-order valence-corrected chi connectivity index (χ3v) is 3.03. The minimum Gasteiger partial charge on any atom is -0.354 e. The molecule has 0 spiro atoms. The molecule has 7 heteroatoms. The molecule has 1 aromatic carbocycles. The highest BCUT2D eigenvalue weighted by Crippen LogP contribution is 2.02. The second kappa shape index (κ2) is 8.11. The monoisotopic (exact) mass is 288 g/mol. The lowest BCUT2D eigenvalue weighted by molar-refractivity contribution is -0.121. The van der Waals surface area contributed by atoms with Gasteiger partial charge >= 0.3 is 0 Å². The number of carbonyl (C=O) groups excluding carboxylic acids is 1. The molecule has 0 unspecified atom stereocenters. The van der Waals surface area contributed by atoms with Crippen LogP contribution in [0.4, 0.5) is 0 Å². The summed E-state index contributed by atoms with van der Waals surface area (Å²) in [5.41, 5.74) is 1.29. The molecule has 0 saturated heterocycles. The lowest BCUT2D eigenvalue weighted by Gasteiger charge is -2.16. The summed E-state index contributed by atoms with van der Waals surface area (Å²) >= 11 is 0.